The Bertz CT molecular complexity index is 662. The summed E-state index contributed by atoms with van der Waals surface area (Å²) in [7, 11) is 1.84. The van der Waals surface area contributed by atoms with Gasteiger partial charge in [-0.15, -0.1) is 0 Å². The molecule has 2 N–H and O–H groups in total. The largest absolute Gasteiger partial charge is 0.376 e. The van der Waals surface area contributed by atoms with E-state index in [9.17, 15) is 4.79 Å². The van der Waals surface area contributed by atoms with Crippen LogP contribution in [0.25, 0.3) is 0 Å². The molecule has 0 aliphatic rings. The summed E-state index contributed by atoms with van der Waals surface area (Å²) in [5.74, 6) is -0.162. The van der Waals surface area contributed by atoms with E-state index in [0.29, 0.717) is 15.7 Å². The van der Waals surface area contributed by atoms with E-state index in [-0.39, 0.29) is 12.5 Å². The van der Waals surface area contributed by atoms with E-state index in [0.717, 1.165) is 17.1 Å². The molecule has 1 amide bonds. The lowest BCUT2D eigenvalue weighted by molar-refractivity contribution is -0.114. The number of benzene rings is 1. The molecular weight excluding hydrogens is 311 g/mol. The Balaban J connectivity index is 1.99. The summed E-state index contributed by atoms with van der Waals surface area (Å²) in [5.41, 5.74) is 3.14. The molecule has 0 atom stereocenters. The summed E-state index contributed by atoms with van der Waals surface area (Å²) in [6, 6.07) is 5.05. The number of rotatable bonds is 4. The molecule has 1 heterocycles. The Morgan fingerprint density at radius 2 is 1.86 bits per heavy atom. The lowest BCUT2D eigenvalue weighted by Crippen LogP contribution is -2.22. The highest BCUT2D eigenvalue weighted by molar-refractivity contribution is 6.35. The Hall–Kier alpha value is -1.72. The first kappa shape index (κ1) is 15.7. The Morgan fingerprint density at radius 3 is 2.38 bits per heavy atom. The van der Waals surface area contributed by atoms with Crippen LogP contribution in [0, 0.1) is 13.8 Å². The van der Waals surface area contributed by atoms with Crippen molar-refractivity contribution in [1.82, 2.24) is 9.78 Å². The molecule has 2 aromatic rings. The van der Waals surface area contributed by atoms with Gasteiger partial charge in [0, 0.05) is 22.8 Å². The standard InChI is InChI=1S/C14H16Cl2N4O/c1-8-14(9(2)20(3)19-8)18-13(21)7-17-12-5-10(15)4-11(16)6-12/h4-6,17H,7H2,1-3H3,(H,18,21). The molecule has 0 spiro atoms. The minimum Gasteiger partial charge on any atom is -0.376 e. The lowest BCUT2D eigenvalue weighted by atomic mass is 10.3. The van der Waals surface area contributed by atoms with Crippen molar-refractivity contribution in [1.29, 1.82) is 0 Å². The summed E-state index contributed by atoms with van der Waals surface area (Å²) in [6.45, 7) is 3.87. The second kappa shape index (κ2) is 6.37. The highest BCUT2D eigenvalue weighted by Crippen LogP contribution is 2.22. The van der Waals surface area contributed by atoms with Crippen molar-refractivity contribution in [2.24, 2.45) is 7.05 Å². The summed E-state index contributed by atoms with van der Waals surface area (Å²) in [5, 5.41) is 11.1. The van der Waals surface area contributed by atoms with Crippen molar-refractivity contribution in [2.75, 3.05) is 17.2 Å². The quantitative estimate of drug-likeness (QED) is 0.905. The fourth-order valence-electron chi connectivity index (χ4n) is 1.98. The number of nitrogens with zero attached hydrogens (tertiary/aromatic N) is 2. The first-order valence-electron chi connectivity index (χ1n) is 6.37. The average Bonchev–Trinajstić information content (AvgIpc) is 2.62. The molecule has 0 saturated heterocycles. The number of carbonyl (C=O) groups is 1. The molecule has 0 aliphatic heterocycles. The molecule has 0 bridgehead atoms. The van der Waals surface area contributed by atoms with Crippen molar-refractivity contribution in [3.05, 3.63) is 39.6 Å². The number of hydrogen-bond donors (Lipinski definition) is 2. The van der Waals surface area contributed by atoms with Gasteiger partial charge >= 0.3 is 0 Å². The fourth-order valence-corrected chi connectivity index (χ4v) is 2.50. The van der Waals surface area contributed by atoms with Gasteiger partial charge in [0.1, 0.15) is 0 Å². The van der Waals surface area contributed by atoms with Crippen molar-refractivity contribution < 1.29 is 4.79 Å². The Labute approximate surface area is 133 Å². The zero-order valence-corrected chi connectivity index (χ0v) is 13.5. The van der Waals surface area contributed by atoms with Gasteiger partial charge in [0.05, 0.1) is 23.6 Å². The number of halogens is 2. The van der Waals surface area contributed by atoms with Crippen molar-refractivity contribution in [3.8, 4) is 0 Å². The normalized spacial score (nSPS) is 10.5. The third kappa shape index (κ3) is 3.89. The van der Waals surface area contributed by atoms with Crippen LogP contribution in [0.15, 0.2) is 18.2 Å². The monoisotopic (exact) mass is 326 g/mol. The minimum absolute atomic E-state index is 0.116. The molecule has 1 aromatic carbocycles. The van der Waals surface area contributed by atoms with Crippen LogP contribution in [-0.4, -0.2) is 22.2 Å². The smallest absolute Gasteiger partial charge is 0.243 e. The van der Waals surface area contributed by atoms with Gasteiger partial charge in [-0.25, -0.2) is 0 Å². The summed E-state index contributed by atoms with van der Waals surface area (Å²) >= 11 is 11.8. The second-order valence-electron chi connectivity index (χ2n) is 4.73. The maximum Gasteiger partial charge on any atom is 0.243 e. The van der Waals surface area contributed by atoms with E-state index in [4.69, 9.17) is 23.2 Å². The summed E-state index contributed by atoms with van der Waals surface area (Å²) in [4.78, 5) is 12.0. The third-order valence-corrected chi connectivity index (χ3v) is 3.53. The zero-order chi connectivity index (χ0) is 15.6. The number of aryl methyl sites for hydroxylation is 2. The molecule has 0 saturated carbocycles. The number of hydrogen-bond acceptors (Lipinski definition) is 3. The maximum atomic E-state index is 12.0. The molecule has 1 aromatic heterocycles. The van der Waals surface area contributed by atoms with Gasteiger partial charge in [-0.05, 0) is 32.0 Å². The van der Waals surface area contributed by atoms with Crippen molar-refractivity contribution >= 4 is 40.5 Å². The van der Waals surface area contributed by atoms with E-state index in [2.05, 4.69) is 15.7 Å². The van der Waals surface area contributed by atoms with Gasteiger partial charge in [-0.1, -0.05) is 23.2 Å². The van der Waals surface area contributed by atoms with Crippen LogP contribution in [-0.2, 0) is 11.8 Å². The SMILES string of the molecule is Cc1nn(C)c(C)c1NC(=O)CNc1cc(Cl)cc(Cl)c1. The van der Waals surface area contributed by atoms with Gasteiger partial charge in [0.2, 0.25) is 5.91 Å². The van der Waals surface area contributed by atoms with Gasteiger partial charge < -0.3 is 10.6 Å². The molecule has 5 nitrogen and oxygen atoms in total. The van der Waals surface area contributed by atoms with Crippen molar-refractivity contribution in [3.63, 3.8) is 0 Å². The van der Waals surface area contributed by atoms with Gasteiger partial charge in [-0.3, -0.25) is 9.48 Å². The molecule has 0 radical (unpaired) electrons. The second-order valence-corrected chi connectivity index (χ2v) is 5.60. The van der Waals surface area contributed by atoms with Crippen LogP contribution in [0.5, 0.6) is 0 Å². The molecule has 21 heavy (non-hydrogen) atoms. The maximum absolute atomic E-state index is 12.0. The first-order chi connectivity index (χ1) is 9.86. The van der Waals surface area contributed by atoms with Crippen LogP contribution in [0.2, 0.25) is 10.0 Å². The predicted molar refractivity (Wildman–Crippen MR) is 86.3 cm³/mol. The van der Waals surface area contributed by atoms with Crippen LogP contribution < -0.4 is 10.6 Å². The van der Waals surface area contributed by atoms with Crippen LogP contribution in [0.4, 0.5) is 11.4 Å². The molecular formula is C14H16Cl2N4O. The first-order valence-corrected chi connectivity index (χ1v) is 7.12. The fraction of sp³-hybridized carbons (Fsp3) is 0.286. The van der Waals surface area contributed by atoms with E-state index in [1.165, 1.54) is 0 Å². The number of aromatic nitrogens is 2. The number of anilines is 2. The number of carbonyl (C=O) groups excluding carboxylic acids is 1. The highest BCUT2D eigenvalue weighted by Gasteiger charge is 2.12. The molecule has 7 heteroatoms. The topological polar surface area (TPSA) is 59.0 Å². The molecule has 0 unspecified atom stereocenters. The molecule has 0 aliphatic carbocycles. The Kier molecular flexibility index (Phi) is 4.75. The average molecular weight is 327 g/mol. The number of nitrogens with one attached hydrogen (secondary N) is 2. The van der Waals surface area contributed by atoms with Crippen molar-refractivity contribution in [2.45, 2.75) is 13.8 Å². The van der Waals surface area contributed by atoms with Crippen LogP contribution in [0.1, 0.15) is 11.4 Å². The van der Waals surface area contributed by atoms with E-state index >= 15 is 0 Å². The highest BCUT2D eigenvalue weighted by atomic mass is 35.5. The molecule has 2 rings (SSSR count). The summed E-state index contributed by atoms with van der Waals surface area (Å²) in [6.07, 6.45) is 0. The van der Waals surface area contributed by atoms with Crippen LogP contribution >= 0.6 is 23.2 Å². The van der Waals surface area contributed by atoms with Gasteiger partial charge in [0.15, 0.2) is 0 Å². The lowest BCUT2D eigenvalue weighted by Gasteiger charge is -2.09. The molecule has 0 fully saturated rings. The Morgan fingerprint density at radius 1 is 1.24 bits per heavy atom. The number of amides is 1. The van der Waals surface area contributed by atoms with Gasteiger partial charge in [-0.2, -0.15) is 5.10 Å². The van der Waals surface area contributed by atoms with E-state index in [1.54, 1.807) is 22.9 Å². The van der Waals surface area contributed by atoms with E-state index in [1.807, 2.05) is 20.9 Å². The zero-order valence-electron chi connectivity index (χ0n) is 12.0. The third-order valence-electron chi connectivity index (χ3n) is 3.09. The van der Waals surface area contributed by atoms with Crippen LogP contribution in [0.3, 0.4) is 0 Å². The van der Waals surface area contributed by atoms with E-state index < -0.39 is 0 Å². The van der Waals surface area contributed by atoms with Gasteiger partial charge in [0.25, 0.3) is 0 Å². The predicted octanol–water partition coefficient (Wildman–Crippen LogP) is 3.39. The summed E-state index contributed by atoms with van der Waals surface area (Å²) < 4.78 is 1.73. The minimum atomic E-state index is -0.162. The molecule has 112 valence electrons.